The Balaban J connectivity index is 2.36. The van der Waals surface area contributed by atoms with E-state index in [-0.39, 0.29) is 0 Å². The lowest BCUT2D eigenvalue weighted by molar-refractivity contribution is 0.964. The molecule has 1 aliphatic rings. The van der Waals surface area contributed by atoms with Crippen LogP contribution in [0.15, 0.2) is 28.8 Å². The molecule has 1 heteroatoms. The molecule has 0 spiro atoms. The first-order valence-corrected chi connectivity index (χ1v) is 5.18. The zero-order chi connectivity index (χ0) is 9.52. The number of hydrogen-bond acceptors (Lipinski definition) is 1. The average molecular weight is 177 g/mol. The van der Waals surface area contributed by atoms with E-state index in [1.807, 2.05) is 0 Å². The van der Waals surface area contributed by atoms with Crippen molar-refractivity contribution >= 4 is 5.71 Å². The van der Waals surface area contributed by atoms with Crippen molar-refractivity contribution in [3.8, 4) is 0 Å². The number of allylic oxidation sites excluding steroid dienone is 2. The highest BCUT2D eigenvalue weighted by molar-refractivity contribution is 5.81. The predicted octanol–water partition coefficient (Wildman–Crippen LogP) is 3.52. The Hall–Kier alpha value is -0.850. The van der Waals surface area contributed by atoms with Crippen LogP contribution in [0.5, 0.6) is 0 Å². The second-order valence-corrected chi connectivity index (χ2v) is 3.56. The SMILES string of the molecule is CCCC(C)=NCC1=CCCC=C1. The zero-order valence-corrected chi connectivity index (χ0v) is 8.71. The molecule has 72 valence electrons. The maximum Gasteiger partial charge on any atom is 0.0635 e. The number of nitrogens with zero attached hydrogens (tertiary/aromatic N) is 1. The van der Waals surface area contributed by atoms with Gasteiger partial charge in [-0.3, -0.25) is 4.99 Å². The maximum absolute atomic E-state index is 4.53. The van der Waals surface area contributed by atoms with Gasteiger partial charge in [0, 0.05) is 5.71 Å². The molecule has 0 saturated heterocycles. The van der Waals surface area contributed by atoms with E-state index in [0.717, 1.165) is 13.0 Å². The first kappa shape index (κ1) is 10.2. The molecule has 0 aromatic rings. The third-order valence-electron chi connectivity index (χ3n) is 2.22. The Morgan fingerprint density at radius 2 is 2.31 bits per heavy atom. The summed E-state index contributed by atoms with van der Waals surface area (Å²) in [5, 5.41) is 0. The van der Waals surface area contributed by atoms with Crippen molar-refractivity contribution in [2.75, 3.05) is 6.54 Å². The zero-order valence-electron chi connectivity index (χ0n) is 8.71. The lowest BCUT2D eigenvalue weighted by Crippen LogP contribution is -1.95. The van der Waals surface area contributed by atoms with Gasteiger partial charge in [-0.25, -0.2) is 0 Å². The van der Waals surface area contributed by atoms with Crippen LogP contribution in [0.2, 0.25) is 0 Å². The summed E-state index contributed by atoms with van der Waals surface area (Å²) in [7, 11) is 0. The van der Waals surface area contributed by atoms with Crippen LogP contribution < -0.4 is 0 Å². The van der Waals surface area contributed by atoms with Gasteiger partial charge < -0.3 is 0 Å². The quantitative estimate of drug-likeness (QED) is 0.583. The smallest absolute Gasteiger partial charge is 0.0635 e. The standard InChI is InChI=1S/C12H19N/c1-3-7-11(2)13-10-12-8-5-4-6-9-12/h5,8-9H,3-4,6-7,10H2,1-2H3. The van der Waals surface area contributed by atoms with Gasteiger partial charge in [-0.15, -0.1) is 0 Å². The predicted molar refractivity (Wildman–Crippen MR) is 59.3 cm³/mol. The Labute approximate surface area is 81.3 Å². The summed E-state index contributed by atoms with van der Waals surface area (Å²) in [5.74, 6) is 0. The Kier molecular flexibility index (Phi) is 4.52. The molecule has 0 N–H and O–H groups in total. The van der Waals surface area contributed by atoms with Crippen LogP contribution in [0, 0.1) is 0 Å². The molecule has 0 fully saturated rings. The fourth-order valence-electron chi connectivity index (χ4n) is 1.45. The van der Waals surface area contributed by atoms with Crippen LogP contribution in [-0.4, -0.2) is 12.3 Å². The van der Waals surface area contributed by atoms with Crippen molar-refractivity contribution < 1.29 is 0 Å². The van der Waals surface area contributed by atoms with Crippen LogP contribution in [0.3, 0.4) is 0 Å². The summed E-state index contributed by atoms with van der Waals surface area (Å²) in [6, 6.07) is 0. The first-order valence-electron chi connectivity index (χ1n) is 5.18. The van der Waals surface area contributed by atoms with Crippen LogP contribution in [0.1, 0.15) is 39.5 Å². The van der Waals surface area contributed by atoms with E-state index in [4.69, 9.17) is 0 Å². The van der Waals surface area contributed by atoms with Crippen molar-refractivity contribution in [3.05, 3.63) is 23.8 Å². The highest BCUT2D eigenvalue weighted by atomic mass is 14.7. The molecular weight excluding hydrogens is 158 g/mol. The van der Waals surface area contributed by atoms with Gasteiger partial charge in [-0.1, -0.05) is 31.6 Å². The molecule has 0 atom stereocenters. The molecule has 13 heavy (non-hydrogen) atoms. The summed E-state index contributed by atoms with van der Waals surface area (Å²) in [4.78, 5) is 4.53. The minimum Gasteiger partial charge on any atom is -0.290 e. The molecule has 1 rings (SSSR count). The Bertz CT molecular complexity index is 234. The lowest BCUT2D eigenvalue weighted by Gasteiger charge is -2.04. The van der Waals surface area contributed by atoms with Crippen LogP contribution in [-0.2, 0) is 0 Å². The van der Waals surface area contributed by atoms with E-state index in [1.165, 1.54) is 30.5 Å². The lowest BCUT2D eigenvalue weighted by atomic mass is 10.1. The minimum absolute atomic E-state index is 0.877. The molecule has 0 amide bonds. The van der Waals surface area contributed by atoms with Gasteiger partial charge in [0.05, 0.1) is 6.54 Å². The molecule has 0 aromatic heterocycles. The van der Waals surface area contributed by atoms with E-state index >= 15 is 0 Å². The molecule has 0 unspecified atom stereocenters. The van der Waals surface area contributed by atoms with Crippen LogP contribution in [0.4, 0.5) is 0 Å². The summed E-state index contributed by atoms with van der Waals surface area (Å²) >= 11 is 0. The number of rotatable bonds is 4. The van der Waals surface area contributed by atoms with Gasteiger partial charge in [-0.05, 0) is 31.8 Å². The Morgan fingerprint density at radius 1 is 1.46 bits per heavy atom. The van der Waals surface area contributed by atoms with Crippen LogP contribution in [0.25, 0.3) is 0 Å². The fourth-order valence-corrected chi connectivity index (χ4v) is 1.45. The third kappa shape index (κ3) is 4.07. The highest BCUT2D eigenvalue weighted by Crippen LogP contribution is 2.09. The molecule has 0 aromatic carbocycles. The molecule has 0 bridgehead atoms. The fraction of sp³-hybridized carbons (Fsp3) is 0.583. The summed E-state index contributed by atoms with van der Waals surface area (Å²) in [5.41, 5.74) is 2.66. The van der Waals surface area contributed by atoms with Crippen molar-refractivity contribution in [2.24, 2.45) is 4.99 Å². The highest BCUT2D eigenvalue weighted by Gasteiger charge is 1.95. The summed E-state index contributed by atoms with van der Waals surface area (Å²) in [6.07, 6.45) is 11.4. The summed E-state index contributed by atoms with van der Waals surface area (Å²) < 4.78 is 0. The first-order chi connectivity index (χ1) is 6.33. The second kappa shape index (κ2) is 5.74. The topological polar surface area (TPSA) is 12.4 Å². The molecule has 0 radical (unpaired) electrons. The largest absolute Gasteiger partial charge is 0.290 e. The second-order valence-electron chi connectivity index (χ2n) is 3.56. The van der Waals surface area contributed by atoms with E-state index in [0.29, 0.717) is 0 Å². The normalized spacial score (nSPS) is 17.4. The van der Waals surface area contributed by atoms with E-state index in [9.17, 15) is 0 Å². The van der Waals surface area contributed by atoms with E-state index < -0.39 is 0 Å². The third-order valence-corrected chi connectivity index (χ3v) is 2.22. The van der Waals surface area contributed by atoms with Gasteiger partial charge in [0.25, 0.3) is 0 Å². The van der Waals surface area contributed by atoms with Gasteiger partial charge in [0.1, 0.15) is 0 Å². The van der Waals surface area contributed by atoms with Gasteiger partial charge >= 0.3 is 0 Å². The Morgan fingerprint density at radius 3 is 2.92 bits per heavy atom. The van der Waals surface area contributed by atoms with Crippen LogP contribution >= 0.6 is 0 Å². The van der Waals surface area contributed by atoms with Crippen molar-refractivity contribution in [1.82, 2.24) is 0 Å². The molecule has 1 aliphatic carbocycles. The summed E-state index contributed by atoms with van der Waals surface area (Å²) in [6.45, 7) is 5.19. The van der Waals surface area contributed by atoms with Gasteiger partial charge in [0.15, 0.2) is 0 Å². The maximum atomic E-state index is 4.53. The minimum atomic E-state index is 0.877. The van der Waals surface area contributed by atoms with Gasteiger partial charge in [0.2, 0.25) is 0 Å². The number of aliphatic imine (C=N–C) groups is 1. The number of hydrogen-bond donors (Lipinski definition) is 0. The average Bonchev–Trinajstić information content (AvgIpc) is 2.17. The molecule has 0 saturated carbocycles. The van der Waals surface area contributed by atoms with Crippen molar-refractivity contribution in [2.45, 2.75) is 39.5 Å². The monoisotopic (exact) mass is 177 g/mol. The van der Waals surface area contributed by atoms with Crippen molar-refractivity contribution in [1.29, 1.82) is 0 Å². The molecule has 0 heterocycles. The van der Waals surface area contributed by atoms with E-state index in [2.05, 4.69) is 37.1 Å². The van der Waals surface area contributed by atoms with E-state index in [1.54, 1.807) is 0 Å². The molecule has 1 nitrogen and oxygen atoms in total. The van der Waals surface area contributed by atoms with Gasteiger partial charge in [-0.2, -0.15) is 0 Å². The van der Waals surface area contributed by atoms with Crippen molar-refractivity contribution in [3.63, 3.8) is 0 Å². The molecular formula is C12H19N. The molecule has 0 aliphatic heterocycles.